The first kappa shape index (κ1) is 8.39. The molecule has 0 unspecified atom stereocenters. The van der Waals surface area contributed by atoms with Gasteiger partial charge in [-0.05, 0) is 24.3 Å². The summed E-state index contributed by atoms with van der Waals surface area (Å²) in [5.41, 5.74) is 5.88. The molecule has 1 aromatic rings. The summed E-state index contributed by atoms with van der Waals surface area (Å²) in [7, 11) is 3.26. The molecule has 0 bridgehead atoms. The minimum atomic E-state index is -0.0849. The molecular formula is C8H10N3O. The Labute approximate surface area is 70.8 Å². The van der Waals surface area contributed by atoms with E-state index in [2.05, 4.69) is 12.4 Å². The summed E-state index contributed by atoms with van der Waals surface area (Å²) in [6.45, 7) is 0. The first-order chi connectivity index (χ1) is 5.72. The third kappa shape index (κ3) is 2.16. The lowest BCUT2D eigenvalue weighted by atomic mass is 10.3. The minimum Gasteiger partial charge on any atom is -0.490 e. The molecular weight excluding hydrogens is 154 g/mol. The van der Waals surface area contributed by atoms with Crippen molar-refractivity contribution in [2.45, 2.75) is 0 Å². The fraction of sp³-hybridized carbons (Fsp3) is 0. The fourth-order valence-corrected chi connectivity index (χ4v) is 0.790. The third-order valence-corrected chi connectivity index (χ3v) is 1.30. The molecule has 0 aliphatic carbocycles. The summed E-state index contributed by atoms with van der Waals surface area (Å²) < 4.78 is 4.71. The van der Waals surface area contributed by atoms with Crippen LogP contribution in [0.2, 0.25) is 0 Å². The molecule has 63 valence electrons. The molecule has 12 heavy (non-hydrogen) atoms. The van der Waals surface area contributed by atoms with Gasteiger partial charge >= 0.3 is 0 Å². The summed E-state index contributed by atoms with van der Waals surface area (Å²) in [4.78, 5) is 0. The van der Waals surface area contributed by atoms with E-state index < -0.39 is 0 Å². The number of nitrogens with one attached hydrogen (secondary N) is 2. The highest BCUT2D eigenvalue weighted by Gasteiger charge is 1.93. The van der Waals surface area contributed by atoms with Crippen molar-refractivity contribution < 1.29 is 4.74 Å². The van der Waals surface area contributed by atoms with Crippen molar-refractivity contribution in [2.24, 2.45) is 5.73 Å². The van der Waals surface area contributed by atoms with Crippen LogP contribution in [0, 0.1) is 12.5 Å². The van der Waals surface area contributed by atoms with Crippen molar-refractivity contribution in [3.63, 3.8) is 0 Å². The molecule has 0 amide bonds. The molecule has 0 saturated carbocycles. The van der Waals surface area contributed by atoms with Crippen molar-refractivity contribution in [3.05, 3.63) is 31.4 Å². The monoisotopic (exact) mass is 164 g/mol. The average Bonchev–Trinajstić information content (AvgIpc) is 2.05. The quantitative estimate of drug-likeness (QED) is 0.453. The maximum absolute atomic E-state index is 6.95. The topological polar surface area (TPSA) is 71.1 Å². The lowest BCUT2D eigenvalue weighted by Crippen LogP contribution is -2.20. The summed E-state index contributed by atoms with van der Waals surface area (Å²) in [5, 5.41) is 9.59. The SMILES string of the molecule is [CH2]Oc1ccc(NC(=N)N)cc1. The summed E-state index contributed by atoms with van der Waals surface area (Å²) in [6.07, 6.45) is 0. The van der Waals surface area contributed by atoms with E-state index in [1.807, 2.05) is 0 Å². The Morgan fingerprint density at radius 3 is 2.42 bits per heavy atom. The smallest absolute Gasteiger partial charge is 0.190 e. The number of hydrogen-bond acceptors (Lipinski definition) is 2. The van der Waals surface area contributed by atoms with Crippen molar-refractivity contribution in [2.75, 3.05) is 5.32 Å². The van der Waals surface area contributed by atoms with Gasteiger partial charge in [0.25, 0.3) is 0 Å². The van der Waals surface area contributed by atoms with Gasteiger partial charge in [-0.25, -0.2) is 0 Å². The van der Waals surface area contributed by atoms with E-state index >= 15 is 0 Å². The zero-order chi connectivity index (χ0) is 8.97. The number of rotatable bonds is 2. The second-order valence-electron chi connectivity index (χ2n) is 2.21. The van der Waals surface area contributed by atoms with Crippen LogP contribution in [0.4, 0.5) is 5.69 Å². The number of anilines is 1. The van der Waals surface area contributed by atoms with Crippen molar-refractivity contribution >= 4 is 11.6 Å². The van der Waals surface area contributed by atoms with Crippen LogP contribution in [0.25, 0.3) is 0 Å². The largest absolute Gasteiger partial charge is 0.490 e. The molecule has 1 radical (unpaired) electrons. The molecule has 0 fully saturated rings. The zero-order valence-electron chi connectivity index (χ0n) is 6.50. The van der Waals surface area contributed by atoms with Gasteiger partial charge in [0.2, 0.25) is 0 Å². The Kier molecular flexibility index (Phi) is 2.53. The standard InChI is InChI=1S/C8H10N3O/c1-12-7-4-2-6(3-5-7)11-8(9)10/h2-5H,1H2,(H4,9,10,11). The summed E-state index contributed by atoms with van der Waals surface area (Å²) >= 11 is 0. The Morgan fingerprint density at radius 2 is 2.00 bits per heavy atom. The molecule has 4 heteroatoms. The van der Waals surface area contributed by atoms with E-state index in [1.54, 1.807) is 24.3 Å². The van der Waals surface area contributed by atoms with Crippen LogP contribution >= 0.6 is 0 Å². The average molecular weight is 164 g/mol. The molecule has 1 rings (SSSR count). The van der Waals surface area contributed by atoms with Crippen molar-refractivity contribution in [1.82, 2.24) is 0 Å². The number of guanidine groups is 1. The second kappa shape index (κ2) is 3.61. The maximum atomic E-state index is 6.95. The minimum absolute atomic E-state index is 0.0849. The van der Waals surface area contributed by atoms with Crippen LogP contribution in [0.15, 0.2) is 24.3 Å². The molecule has 1 aromatic carbocycles. The predicted molar refractivity (Wildman–Crippen MR) is 48.0 cm³/mol. The molecule has 0 aromatic heterocycles. The summed E-state index contributed by atoms with van der Waals surface area (Å²) in [6, 6.07) is 6.97. The molecule has 0 saturated heterocycles. The predicted octanol–water partition coefficient (Wildman–Crippen LogP) is 1.16. The Morgan fingerprint density at radius 1 is 1.42 bits per heavy atom. The van der Waals surface area contributed by atoms with Crippen molar-refractivity contribution in [1.29, 1.82) is 5.41 Å². The first-order valence-corrected chi connectivity index (χ1v) is 3.35. The lowest BCUT2D eigenvalue weighted by molar-refractivity contribution is 0.473. The lowest BCUT2D eigenvalue weighted by Gasteiger charge is -2.03. The van der Waals surface area contributed by atoms with Crippen LogP contribution in [-0.4, -0.2) is 5.96 Å². The Hall–Kier alpha value is -1.71. The molecule has 0 aliphatic rings. The van der Waals surface area contributed by atoms with E-state index in [-0.39, 0.29) is 5.96 Å². The zero-order valence-corrected chi connectivity index (χ0v) is 6.50. The van der Waals surface area contributed by atoms with Crippen molar-refractivity contribution in [3.8, 4) is 5.75 Å². The van der Waals surface area contributed by atoms with E-state index in [4.69, 9.17) is 15.9 Å². The number of hydrogen-bond donors (Lipinski definition) is 3. The second-order valence-corrected chi connectivity index (χ2v) is 2.21. The molecule has 0 spiro atoms. The Balaban J connectivity index is 2.71. The molecule has 0 aliphatic heterocycles. The van der Waals surface area contributed by atoms with Crippen LogP contribution in [0.1, 0.15) is 0 Å². The van der Waals surface area contributed by atoms with Crippen LogP contribution in [-0.2, 0) is 0 Å². The van der Waals surface area contributed by atoms with E-state index in [9.17, 15) is 0 Å². The van der Waals surface area contributed by atoms with Gasteiger partial charge in [0, 0.05) is 5.69 Å². The molecule has 0 atom stereocenters. The van der Waals surface area contributed by atoms with E-state index in [0.717, 1.165) is 5.69 Å². The highest BCUT2D eigenvalue weighted by Crippen LogP contribution is 2.14. The van der Waals surface area contributed by atoms with Gasteiger partial charge < -0.3 is 15.8 Å². The van der Waals surface area contributed by atoms with Gasteiger partial charge in [0.1, 0.15) is 12.9 Å². The first-order valence-electron chi connectivity index (χ1n) is 3.35. The van der Waals surface area contributed by atoms with Crippen LogP contribution in [0.5, 0.6) is 5.75 Å². The van der Waals surface area contributed by atoms with Gasteiger partial charge in [-0.3, -0.25) is 5.41 Å². The summed E-state index contributed by atoms with van der Waals surface area (Å²) in [5.74, 6) is 0.586. The fourth-order valence-electron chi connectivity index (χ4n) is 0.790. The third-order valence-electron chi connectivity index (χ3n) is 1.30. The number of benzene rings is 1. The van der Waals surface area contributed by atoms with Crippen LogP contribution in [0.3, 0.4) is 0 Å². The maximum Gasteiger partial charge on any atom is 0.190 e. The highest BCUT2D eigenvalue weighted by molar-refractivity contribution is 5.89. The van der Waals surface area contributed by atoms with Gasteiger partial charge in [0.15, 0.2) is 5.96 Å². The molecule has 0 heterocycles. The number of nitrogens with two attached hydrogens (primary N) is 1. The van der Waals surface area contributed by atoms with E-state index in [0.29, 0.717) is 5.75 Å². The van der Waals surface area contributed by atoms with Gasteiger partial charge in [0.05, 0.1) is 0 Å². The highest BCUT2D eigenvalue weighted by atomic mass is 16.5. The normalized spacial score (nSPS) is 9.08. The van der Waals surface area contributed by atoms with Gasteiger partial charge in [-0.15, -0.1) is 0 Å². The Bertz CT molecular complexity index is 268. The van der Waals surface area contributed by atoms with E-state index in [1.165, 1.54) is 0 Å². The molecule has 4 nitrogen and oxygen atoms in total. The van der Waals surface area contributed by atoms with Crippen LogP contribution < -0.4 is 15.8 Å². The van der Waals surface area contributed by atoms with Gasteiger partial charge in [-0.1, -0.05) is 0 Å². The number of ether oxygens (including phenoxy) is 1. The molecule has 4 N–H and O–H groups in total. The van der Waals surface area contributed by atoms with Gasteiger partial charge in [-0.2, -0.15) is 0 Å².